The number of hydrogen-bond donors (Lipinski definition) is 2. The number of para-hydroxylation sites is 1. The van der Waals surface area contributed by atoms with Gasteiger partial charge in [-0.15, -0.1) is 0 Å². The molecule has 1 aromatic carbocycles. The lowest BCUT2D eigenvalue weighted by molar-refractivity contribution is 0.378. The molecule has 2 heteroatoms. The van der Waals surface area contributed by atoms with Gasteiger partial charge in [-0.3, -0.25) is 0 Å². The van der Waals surface area contributed by atoms with E-state index in [1.54, 1.807) is 0 Å². The van der Waals surface area contributed by atoms with Gasteiger partial charge in [0.25, 0.3) is 0 Å². The van der Waals surface area contributed by atoms with E-state index in [1.165, 1.54) is 24.8 Å². The first-order valence-corrected chi connectivity index (χ1v) is 6.09. The van der Waals surface area contributed by atoms with Gasteiger partial charge in [0, 0.05) is 6.04 Å². The maximum atomic E-state index is 6.00. The second-order valence-electron chi connectivity index (χ2n) is 5.79. The molecule has 2 nitrogen and oxygen atoms in total. The summed E-state index contributed by atoms with van der Waals surface area (Å²) in [6.45, 7) is 6.80. The molecule has 0 aromatic heterocycles. The summed E-state index contributed by atoms with van der Waals surface area (Å²) in [6, 6.07) is 6.67. The summed E-state index contributed by atoms with van der Waals surface area (Å²) in [7, 11) is 0. The minimum atomic E-state index is 0.481. The van der Waals surface area contributed by atoms with Gasteiger partial charge in [-0.2, -0.15) is 0 Å². The van der Waals surface area contributed by atoms with Gasteiger partial charge in [-0.1, -0.05) is 26.0 Å². The van der Waals surface area contributed by atoms with Crippen LogP contribution in [0.4, 0.5) is 11.4 Å². The van der Waals surface area contributed by atoms with Crippen molar-refractivity contribution in [3.63, 3.8) is 0 Å². The van der Waals surface area contributed by atoms with Gasteiger partial charge in [-0.25, -0.2) is 0 Å². The summed E-state index contributed by atoms with van der Waals surface area (Å²) >= 11 is 0. The standard InChI is InChI=1S/C14H22N2/c1-10-5-4-6-12(15)13(10)16-11-7-8-14(2,3)9-11/h4-6,11,16H,7-9,15H2,1-3H3. The maximum Gasteiger partial charge on any atom is 0.0605 e. The van der Waals surface area contributed by atoms with Crippen molar-refractivity contribution in [2.45, 2.75) is 46.1 Å². The number of nitrogens with two attached hydrogens (primary N) is 1. The molecule has 1 unspecified atom stereocenters. The Hall–Kier alpha value is -1.18. The Morgan fingerprint density at radius 2 is 2.12 bits per heavy atom. The maximum absolute atomic E-state index is 6.00. The zero-order valence-corrected chi connectivity index (χ0v) is 10.5. The van der Waals surface area contributed by atoms with Crippen LogP contribution in [0.15, 0.2) is 18.2 Å². The van der Waals surface area contributed by atoms with E-state index in [-0.39, 0.29) is 0 Å². The van der Waals surface area contributed by atoms with Crippen molar-refractivity contribution < 1.29 is 0 Å². The molecule has 0 aliphatic heterocycles. The fourth-order valence-corrected chi connectivity index (χ4v) is 2.65. The normalized spacial score (nSPS) is 23.3. The quantitative estimate of drug-likeness (QED) is 0.745. The monoisotopic (exact) mass is 218 g/mol. The van der Waals surface area contributed by atoms with Crippen LogP contribution in [0.5, 0.6) is 0 Å². The molecule has 88 valence electrons. The van der Waals surface area contributed by atoms with E-state index in [1.807, 2.05) is 12.1 Å². The van der Waals surface area contributed by atoms with Crippen LogP contribution < -0.4 is 11.1 Å². The smallest absolute Gasteiger partial charge is 0.0605 e. The van der Waals surface area contributed by atoms with E-state index in [2.05, 4.69) is 32.2 Å². The third kappa shape index (κ3) is 2.31. The van der Waals surface area contributed by atoms with Gasteiger partial charge in [0.2, 0.25) is 0 Å². The topological polar surface area (TPSA) is 38.0 Å². The average Bonchev–Trinajstić information content (AvgIpc) is 2.52. The molecule has 1 fully saturated rings. The number of rotatable bonds is 2. The highest BCUT2D eigenvalue weighted by atomic mass is 14.9. The lowest BCUT2D eigenvalue weighted by Gasteiger charge is -2.20. The van der Waals surface area contributed by atoms with E-state index in [0.717, 1.165) is 11.4 Å². The molecular weight excluding hydrogens is 196 g/mol. The minimum Gasteiger partial charge on any atom is -0.397 e. The fourth-order valence-electron chi connectivity index (χ4n) is 2.65. The van der Waals surface area contributed by atoms with Crippen molar-refractivity contribution in [3.05, 3.63) is 23.8 Å². The lowest BCUT2D eigenvalue weighted by atomic mass is 9.92. The molecule has 0 radical (unpaired) electrons. The number of nitrogen functional groups attached to an aromatic ring is 1. The summed E-state index contributed by atoms with van der Waals surface area (Å²) < 4.78 is 0. The molecule has 2 rings (SSSR count). The van der Waals surface area contributed by atoms with Crippen LogP contribution >= 0.6 is 0 Å². The molecule has 0 amide bonds. The predicted molar refractivity (Wildman–Crippen MR) is 70.6 cm³/mol. The summed E-state index contributed by atoms with van der Waals surface area (Å²) in [4.78, 5) is 0. The minimum absolute atomic E-state index is 0.481. The summed E-state index contributed by atoms with van der Waals surface area (Å²) in [6.07, 6.45) is 3.79. The first-order chi connectivity index (χ1) is 7.48. The number of benzene rings is 1. The van der Waals surface area contributed by atoms with Crippen molar-refractivity contribution in [1.29, 1.82) is 0 Å². The Kier molecular flexibility index (Phi) is 2.83. The Labute approximate surface area is 98.2 Å². The molecule has 0 saturated heterocycles. The van der Waals surface area contributed by atoms with E-state index in [9.17, 15) is 0 Å². The summed E-state index contributed by atoms with van der Waals surface area (Å²) in [5.74, 6) is 0. The third-order valence-corrected chi connectivity index (χ3v) is 3.62. The SMILES string of the molecule is Cc1cccc(N)c1NC1CCC(C)(C)C1. The van der Waals surface area contributed by atoms with Gasteiger partial charge >= 0.3 is 0 Å². The van der Waals surface area contributed by atoms with Crippen molar-refractivity contribution in [1.82, 2.24) is 0 Å². The molecule has 0 heterocycles. The van der Waals surface area contributed by atoms with Crippen LogP contribution in [-0.4, -0.2) is 6.04 Å². The van der Waals surface area contributed by atoms with E-state index >= 15 is 0 Å². The van der Waals surface area contributed by atoms with Crippen molar-refractivity contribution >= 4 is 11.4 Å². The van der Waals surface area contributed by atoms with Gasteiger partial charge in [0.15, 0.2) is 0 Å². The largest absolute Gasteiger partial charge is 0.397 e. The molecule has 1 aliphatic rings. The van der Waals surface area contributed by atoms with Crippen molar-refractivity contribution in [2.75, 3.05) is 11.1 Å². The molecular formula is C14H22N2. The Morgan fingerprint density at radius 3 is 2.69 bits per heavy atom. The molecule has 1 aliphatic carbocycles. The van der Waals surface area contributed by atoms with Crippen LogP contribution in [0.2, 0.25) is 0 Å². The van der Waals surface area contributed by atoms with E-state index < -0.39 is 0 Å². The molecule has 3 N–H and O–H groups in total. The van der Waals surface area contributed by atoms with Crippen LogP contribution in [0.3, 0.4) is 0 Å². The molecule has 0 bridgehead atoms. The number of aryl methyl sites for hydroxylation is 1. The first kappa shape index (κ1) is 11.3. The highest BCUT2D eigenvalue weighted by molar-refractivity contribution is 5.70. The third-order valence-electron chi connectivity index (χ3n) is 3.62. The van der Waals surface area contributed by atoms with Crippen LogP contribution in [0.1, 0.15) is 38.7 Å². The van der Waals surface area contributed by atoms with Gasteiger partial charge in [0.05, 0.1) is 11.4 Å². The van der Waals surface area contributed by atoms with E-state index in [4.69, 9.17) is 5.73 Å². The zero-order valence-electron chi connectivity index (χ0n) is 10.5. The molecule has 16 heavy (non-hydrogen) atoms. The Bertz CT molecular complexity index is 362. The van der Waals surface area contributed by atoms with Gasteiger partial charge < -0.3 is 11.1 Å². The van der Waals surface area contributed by atoms with Crippen LogP contribution in [-0.2, 0) is 0 Å². The molecule has 1 aromatic rings. The predicted octanol–water partition coefficient (Wildman–Crippen LogP) is 3.57. The number of anilines is 2. The van der Waals surface area contributed by atoms with E-state index in [0.29, 0.717) is 11.5 Å². The zero-order chi connectivity index (χ0) is 11.8. The second-order valence-corrected chi connectivity index (χ2v) is 5.79. The fraction of sp³-hybridized carbons (Fsp3) is 0.571. The Morgan fingerprint density at radius 1 is 1.38 bits per heavy atom. The lowest BCUT2D eigenvalue weighted by Crippen LogP contribution is -2.19. The highest BCUT2D eigenvalue weighted by Gasteiger charge is 2.31. The van der Waals surface area contributed by atoms with Crippen LogP contribution in [0, 0.1) is 12.3 Å². The molecule has 0 spiro atoms. The highest BCUT2D eigenvalue weighted by Crippen LogP contribution is 2.39. The van der Waals surface area contributed by atoms with Crippen molar-refractivity contribution in [3.8, 4) is 0 Å². The first-order valence-electron chi connectivity index (χ1n) is 6.09. The van der Waals surface area contributed by atoms with Crippen LogP contribution in [0.25, 0.3) is 0 Å². The number of hydrogen-bond acceptors (Lipinski definition) is 2. The number of nitrogens with one attached hydrogen (secondary N) is 1. The van der Waals surface area contributed by atoms with Gasteiger partial charge in [-0.05, 0) is 43.2 Å². The summed E-state index contributed by atoms with van der Waals surface area (Å²) in [5, 5.41) is 3.61. The average molecular weight is 218 g/mol. The second kappa shape index (κ2) is 4.00. The molecule has 1 atom stereocenters. The Balaban J connectivity index is 2.11. The molecule has 1 saturated carbocycles. The van der Waals surface area contributed by atoms with Gasteiger partial charge in [0.1, 0.15) is 0 Å². The summed E-state index contributed by atoms with van der Waals surface area (Å²) in [5.41, 5.74) is 9.72. The van der Waals surface area contributed by atoms with Crippen molar-refractivity contribution in [2.24, 2.45) is 5.41 Å².